The fourth-order valence-corrected chi connectivity index (χ4v) is 6.01. The number of aromatic nitrogens is 4. The third-order valence-corrected chi connectivity index (χ3v) is 8.14. The standard InChI is InChI=1S/C26H44N8O/c1-2-35-17-5-14-33-15-12-21(13-16-33)29-24-23-25(34(18-28-23)22-6-3-4-7-22)32-26(31-24)30-20-10-8-19(27)9-11-20/h18-22H,2-17,27H2,1H3,(H2,29,30,31,32). The zero-order valence-corrected chi connectivity index (χ0v) is 21.4. The fourth-order valence-electron chi connectivity index (χ4n) is 6.01. The monoisotopic (exact) mass is 484 g/mol. The molecule has 3 heterocycles. The molecule has 0 radical (unpaired) electrons. The van der Waals surface area contributed by atoms with Gasteiger partial charge in [-0.1, -0.05) is 12.8 Å². The number of fused-ring (bicyclic) bond motifs is 1. The van der Waals surface area contributed by atoms with Crippen molar-refractivity contribution in [3.8, 4) is 0 Å². The van der Waals surface area contributed by atoms with E-state index in [1.54, 1.807) is 0 Å². The lowest BCUT2D eigenvalue weighted by atomic mass is 9.92. The molecule has 4 N–H and O–H groups in total. The van der Waals surface area contributed by atoms with Gasteiger partial charge in [-0.3, -0.25) is 0 Å². The molecule has 9 nitrogen and oxygen atoms in total. The van der Waals surface area contributed by atoms with Crippen molar-refractivity contribution in [1.29, 1.82) is 0 Å². The van der Waals surface area contributed by atoms with Crippen LogP contribution in [-0.2, 0) is 4.74 Å². The van der Waals surface area contributed by atoms with Crippen molar-refractivity contribution in [3.63, 3.8) is 0 Å². The van der Waals surface area contributed by atoms with Gasteiger partial charge in [-0.25, -0.2) is 4.98 Å². The molecule has 0 amide bonds. The highest BCUT2D eigenvalue weighted by Gasteiger charge is 2.26. The van der Waals surface area contributed by atoms with Crippen molar-refractivity contribution < 1.29 is 4.74 Å². The molecule has 1 saturated heterocycles. The molecule has 2 aromatic rings. The normalized spacial score (nSPS) is 24.9. The Bertz CT molecular complexity index is 927. The lowest BCUT2D eigenvalue weighted by Crippen LogP contribution is -2.40. The van der Waals surface area contributed by atoms with Gasteiger partial charge in [0.05, 0.1) is 6.33 Å². The number of nitrogens with zero attached hydrogens (tertiary/aromatic N) is 5. The molecule has 0 aromatic carbocycles. The number of hydrogen-bond donors (Lipinski definition) is 3. The summed E-state index contributed by atoms with van der Waals surface area (Å²) in [7, 11) is 0. The molecule has 3 aliphatic rings. The van der Waals surface area contributed by atoms with Gasteiger partial charge in [0.2, 0.25) is 5.95 Å². The Morgan fingerprint density at radius 2 is 1.71 bits per heavy atom. The van der Waals surface area contributed by atoms with E-state index >= 15 is 0 Å². The highest BCUT2D eigenvalue weighted by molar-refractivity contribution is 5.84. The van der Waals surface area contributed by atoms with E-state index in [9.17, 15) is 0 Å². The molecule has 1 aliphatic heterocycles. The third kappa shape index (κ3) is 6.24. The number of hydrogen-bond acceptors (Lipinski definition) is 8. The molecule has 0 atom stereocenters. The molecule has 5 rings (SSSR count). The number of rotatable bonds is 10. The van der Waals surface area contributed by atoms with Crippen molar-refractivity contribution in [3.05, 3.63) is 6.33 Å². The molecule has 9 heteroatoms. The zero-order valence-electron chi connectivity index (χ0n) is 21.4. The number of anilines is 2. The molecule has 194 valence electrons. The molecule has 2 aromatic heterocycles. The first-order valence-corrected chi connectivity index (χ1v) is 14.0. The minimum atomic E-state index is 0.336. The maximum atomic E-state index is 6.13. The Balaban J connectivity index is 1.29. The molecule has 0 unspecified atom stereocenters. The number of nitrogens with two attached hydrogens (primary N) is 1. The highest BCUT2D eigenvalue weighted by atomic mass is 16.5. The maximum Gasteiger partial charge on any atom is 0.227 e. The van der Waals surface area contributed by atoms with E-state index in [0.717, 1.165) is 101 Å². The van der Waals surface area contributed by atoms with Gasteiger partial charge in [0, 0.05) is 57.0 Å². The van der Waals surface area contributed by atoms with Crippen LogP contribution in [0.1, 0.15) is 83.6 Å². The van der Waals surface area contributed by atoms with Crippen LogP contribution < -0.4 is 16.4 Å². The van der Waals surface area contributed by atoms with Crippen LogP contribution in [0.15, 0.2) is 6.33 Å². The van der Waals surface area contributed by atoms with Crippen LogP contribution in [0.5, 0.6) is 0 Å². The molecule has 0 bridgehead atoms. The first-order chi connectivity index (χ1) is 17.2. The summed E-state index contributed by atoms with van der Waals surface area (Å²) < 4.78 is 7.80. The first-order valence-electron chi connectivity index (χ1n) is 14.0. The van der Waals surface area contributed by atoms with E-state index < -0.39 is 0 Å². The molecule has 35 heavy (non-hydrogen) atoms. The second-order valence-electron chi connectivity index (χ2n) is 10.7. The van der Waals surface area contributed by atoms with Crippen LogP contribution in [-0.4, -0.2) is 75.4 Å². The molecular formula is C26H44N8O. The van der Waals surface area contributed by atoms with Crippen LogP contribution >= 0.6 is 0 Å². The fraction of sp³-hybridized carbons (Fsp3) is 0.808. The number of nitrogens with one attached hydrogen (secondary N) is 2. The van der Waals surface area contributed by atoms with Crippen molar-refractivity contribution in [2.24, 2.45) is 5.73 Å². The predicted octanol–water partition coefficient (Wildman–Crippen LogP) is 3.93. The maximum absolute atomic E-state index is 6.13. The minimum Gasteiger partial charge on any atom is -0.382 e. The molecule has 0 spiro atoms. The highest BCUT2D eigenvalue weighted by Crippen LogP contribution is 2.33. The van der Waals surface area contributed by atoms with E-state index in [1.807, 2.05) is 6.33 Å². The summed E-state index contributed by atoms with van der Waals surface area (Å²) in [6.07, 6.45) is 14.6. The summed E-state index contributed by atoms with van der Waals surface area (Å²) in [4.78, 5) is 17.3. The smallest absolute Gasteiger partial charge is 0.227 e. The Hall–Kier alpha value is -1.97. The summed E-state index contributed by atoms with van der Waals surface area (Å²) in [6.45, 7) is 7.07. The van der Waals surface area contributed by atoms with Crippen molar-refractivity contribution >= 4 is 22.9 Å². The average molecular weight is 485 g/mol. The minimum absolute atomic E-state index is 0.336. The lowest BCUT2D eigenvalue weighted by Gasteiger charge is -2.32. The largest absolute Gasteiger partial charge is 0.382 e. The number of imidazole rings is 1. The van der Waals surface area contributed by atoms with E-state index in [-0.39, 0.29) is 0 Å². The van der Waals surface area contributed by atoms with Gasteiger partial charge in [0.15, 0.2) is 17.0 Å². The van der Waals surface area contributed by atoms with E-state index in [4.69, 9.17) is 25.4 Å². The van der Waals surface area contributed by atoms with Gasteiger partial charge in [-0.15, -0.1) is 0 Å². The van der Waals surface area contributed by atoms with Gasteiger partial charge in [0.1, 0.15) is 0 Å². The molecule has 3 fully saturated rings. The van der Waals surface area contributed by atoms with Gasteiger partial charge >= 0.3 is 0 Å². The van der Waals surface area contributed by atoms with E-state index in [1.165, 1.54) is 25.7 Å². The van der Waals surface area contributed by atoms with Gasteiger partial charge in [-0.2, -0.15) is 9.97 Å². The Morgan fingerprint density at radius 1 is 0.971 bits per heavy atom. The van der Waals surface area contributed by atoms with Crippen molar-refractivity contribution in [2.45, 2.75) is 102 Å². The van der Waals surface area contributed by atoms with Gasteiger partial charge in [0.25, 0.3) is 0 Å². The summed E-state index contributed by atoms with van der Waals surface area (Å²) in [6, 6.07) is 1.64. The first kappa shape index (κ1) is 24.7. The summed E-state index contributed by atoms with van der Waals surface area (Å²) in [5.41, 5.74) is 8.01. The second kappa shape index (κ2) is 11.8. The van der Waals surface area contributed by atoms with Crippen LogP contribution in [0, 0.1) is 0 Å². The van der Waals surface area contributed by atoms with E-state index in [0.29, 0.717) is 24.2 Å². The van der Waals surface area contributed by atoms with Crippen molar-refractivity contribution in [2.75, 3.05) is 43.5 Å². The Labute approximate surface area is 209 Å². The van der Waals surface area contributed by atoms with Crippen LogP contribution in [0.2, 0.25) is 0 Å². The third-order valence-electron chi connectivity index (χ3n) is 8.14. The molecule has 2 saturated carbocycles. The van der Waals surface area contributed by atoms with Gasteiger partial charge < -0.3 is 30.6 Å². The summed E-state index contributed by atoms with van der Waals surface area (Å²) in [5.74, 6) is 1.62. The van der Waals surface area contributed by atoms with E-state index in [2.05, 4.69) is 27.0 Å². The van der Waals surface area contributed by atoms with Crippen LogP contribution in [0.4, 0.5) is 11.8 Å². The zero-order chi connectivity index (χ0) is 24.0. The second-order valence-corrected chi connectivity index (χ2v) is 10.7. The molecular weight excluding hydrogens is 440 g/mol. The quantitative estimate of drug-likeness (QED) is 0.436. The predicted molar refractivity (Wildman–Crippen MR) is 141 cm³/mol. The summed E-state index contributed by atoms with van der Waals surface area (Å²) >= 11 is 0. The number of piperidine rings is 1. The number of likely N-dealkylation sites (tertiary alicyclic amines) is 1. The molecule has 2 aliphatic carbocycles. The topological polar surface area (TPSA) is 106 Å². The SMILES string of the molecule is CCOCCCN1CCC(Nc2nc(NC3CCC(N)CC3)nc3c2ncn3C2CCCC2)CC1. The average Bonchev–Trinajstić information content (AvgIpc) is 3.54. The van der Waals surface area contributed by atoms with Crippen molar-refractivity contribution in [1.82, 2.24) is 24.4 Å². The van der Waals surface area contributed by atoms with Crippen LogP contribution in [0.3, 0.4) is 0 Å². The Morgan fingerprint density at radius 3 is 2.46 bits per heavy atom. The number of ether oxygens (including phenoxy) is 1. The summed E-state index contributed by atoms with van der Waals surface area (Å²) in [5, 5.41) is 7.41. The Kier molecular flexibility index (Phi) is 8.36. The van der Waals surface area contributed by atoms with Gasteiger partial charge in [-0.05, 0) is 64.7 Å². The van der Waals surface area contributed by atoms with Crippen LogP contribution in [0.25, 0.3) is 11.2 Å². The lowest BCUT2D eigenvalue weighted by molar-refractivity contribution is 0.126.